The van der Waals surface area contributed by atoms with E-state index in [1.165, 1.54) is 17.0 Å². The number of hydrogen-bond acceptors (Lipinski definition) is 4. The second kappa shape index (κ2) is 12.7. The molecule has 196 valence electrons. The Morgan fingerprint density at radius 3 is 1.97 bits per heavy atom. The van der Waals surface area contributed by atoms with Crippen molar-refractivity contribution in [1.29, 1.82) is 0 Å². The number of sulfonamides is 1. The number of aryl methyl sites for hydroxylation is 1. The first-order valence-corrected chi connectivity index (χ1v) is 14.7. The lowest BCUT2D eigenvalue weighted by Crippen LogP contribution is -2.51. The van der Waals surface area contributed by atoms with Crippen LogP contribution in [0.5, 0.6) is 0 Å². The average molecular weight is 651 g/mol. The predicted molar refractivity (Wildman–Crippen MR) is 153 cm³/mol. The van der Waals surface area contributed by atoms with E-state index in [2.05, 4.69) is 37.2 Å². The standard InChI is InChI=1S/C27H29Br2N3O4S/c1-4-30-27(34)20(3)31(17-21-7-9-22(28)10-8-21)26(33)18-32(24-13-11-23(29)12-14-24)37(35,36)25-15-5-19(2)6-16-25/h5-16,20H,4,17-18H2,1-3H3,(H,30,34)/t20-/m1/s1. The number of likely N-dealkylation sites (N-methyl/N-ethyl adjacent to an activating group) is 1. The lowest BCUT2D eigenvalue weighted by molar-refractivity contribution is -0.139. The van der Waals surface area contributed by atoms with Gasteiger partial charge in [0.1, 0.15) is 12.6 Å². The summed E-state index contributed by atoms with van der Waals surface area (Å²) in [4.78, 5) is 28.0. The largest absolute Gasteiger partial charge is 0.355 e. The van der Waals surface area contributed by atoms with Gasteiger partial charge >= 0.3 is 0 Å². The molecule has 0 saturated heterocycles. The second-order valence-corrected chi connectivity index (χ2v) is 12.2. The van der Waals surface area contributed by atoms with E-state index in [0.717, 1.165) is 24.4 Å². The topological polar surface area (TPSA) is 86.8 Å². The van der Waals surface area contributed by atoms with Crippen molar-refractivity contribution in [3.05, 3.63) is 92.9 Å². The summed E-state index contributed by atoms with van der Waals surface area (Å²) in [5.41, 5.74) is 2.07. The molecule has 3 rings (SSSR count). The molecule has 0 aliphatic carbocycles. The van der Waals surface area contributed by atoms with Gasteiger partial charge in [-0.1, -0.05) is 61.7 Å². The Kier molecular flexibility index (Phi) is 9.92. The van der Waals surface area contributed by atoms with Crippen LogP contribution < -0.4 is 9.62 Å². The maximum atomic E-state index is 13.8. The molecule has 0 aromatic heterocycles. The van der Waals surface area contributed by atoms with Crippen molar-refractivity contribution >= 4 is 59.4 Å². The molecule has 0 bridgehead atoms. The summed E-state index contributed by atoms with van der Waals surface area (Å²) >= 11 is 6.78. The maximum Gasteiger partial charge on any atom is 0.264 e. The van der Waals surface area contributed by atoms with Crippen molar-refractivity contribution in [3.63, 3.8) is 0 Å². The third-order valence-electron chi connectivity index (χ3n) is 5.79. The third kappa shape index (κ3) is 7.43. The van der Waals surface area contributed by atoms with E-state index in [9.17, 15) is 18.0 Å². The number of hydrogen-bond donors (Lipinski definition) is 1. The first-order valence-electron chi connectivity index (χ1n) is 11.7. The molecule has 0 heterocycles. The van der Waals surface area contributed by atoms with Gasteiger partial charge in [-0.2, -0.15) is 0 Å². The van der Waals surface area contributed by atoms with Crippen LogP contribution in [-0.4, -0.2) is 44.3 Å². The Hall–Kier alpha value is -2.69. The number of nitrogens with one attached hydrogen (secondary N) is 1. The molecule has 0 spiro atoms. The molecule has 7 nitrogen and oxygen atoms in total. The minimum Gasteiger partial charge on any atom is -0.355 e. The molecule has 3 aromatic carbocycles. The van der Waals surface area contributed by atoms with Gasteiger partial charge in [-0.25, -0.2) is 8.42 Å². The van der Waals surface area contributed by atoms with E-state index in [1.807, 2.05) is 31.2 Å². The van der Waals surface area contributed by atoms with Crippen LogP contribution in [0.25, 0.3) is 0 Å². The van der Waals surface area contributed by atoms with Crippen LogP contribution in [0.2, 0.25) is 0 Å². The number of halogens is 2. The maximum absolute atomic E-state index is 13.8. The normalized spacial score (nSPS) is 12.0. The summed E-state index contributed by atoms with van der Waals surface area (Å²) in [5, 5.41) is 2.75. The van der Waals surface area contributed by atoms with Crippen LogP contribution >= 0.6 is 31.9 Å². The van der Waals surface area contributed by atoms with Crippen molar-refractivity contribution in [2.45, 2.75) is 38.3 Å². The Labute approximate surface area is 235 Å². The Morgan fingerprint density at radius 2 is 1.43 bits per heavy atom. The fourth-order valence-electron chi connectivity index (χ4n) is 3.66. The summed E-state index contributed by atoms with van der Waals surface area (Å²) < 4.78 is 30.2. The van der Waals surface area contributed by atoms with Gasteiger partial charge < -0.3 is 10.2 Å². The minimum atomic E-state index is -4.08. The number of carbonyl (C=O) groups excluding carboxylic acids is 2. The molecule has 0 saturated carbocycles. The second-order valence-electron chi connectivity index (χ2n) is 8.52. The Morgan fingerprint density at radius 1 is 0.892 bits per heavy atom. The fourth-order valence-corrected chi connectivity index (χ4v) is 5.61. The molecule has 0 aliphatic heterocycles. The Balaban J connectivity index is 2.01. The highest BCUT2D eigenvalue weighted by atomic mass is 79.9. The lowest BCUT2D eigenvalue weighted by Gasteiger charge is -2.32. The van der Waals surface area contributed by atoms with Gasteiger partial charge in [-0.05, 0) is 74.9 Å². The first kappa shape index (κ1) is 28.9. The van der Waals surface area contributed by atoms with Crippen molar-refractivity contribution < 1.29 is 18.0 Å². The van der Waals surface area contributed by atoms with Gasteiger partial charge in [-0.15, -0.1) is 0 Å². The molecule has 0 unspecified atom stereocenters. The zero-order chi connectivity index (χ0) is 27.2. The molecule has 0 fully saturated rings. The van der Waals surface area contributed by atoms with Crippen molar-refractivity contribution in [2.75, 3.05) is 17.4 Å². The SMILES string of the molecule is CCNC(=O)[C@@H](C)N(Cc1ccc(Br)cc1)C(=O)CN(c1ccc(Br)cc1)S(=O)(=O)c1ccc(C)cc1. The van der Waals surface area contributed by atoms with Crippen LogP contribution in [0.4, 0.5) is 5.69 Å². The molecular weight excluding hydrogens is 622 g/mol. The summed E-state index contributed by atoms with van der Waals surface area (Å²) in [6.45, 7) is 5.39. The van der Waals surface area contributed by atoms with Crippen molar-refractivity contribution in [1.82, 2.24) is 10.2 Å². The summed E-state index contributed by atoms with van der Waals surface area (Å²) in [7, 11) is -4.08. The quantitative estimate of drug-likeness (QED) is 0.324. The molecule has 0 radical (unpaired) electrons. The number of nitrogens with zero attached hydrogens (tertiary/aromatic N) is 2. The van der Waals surface area contributed by atoms with Crippen LogP contribution in [-0.2, 0) is 26.2 Å². The van der Waals surface area contributed by atoms with Gasteiger partial charge in [0, 0.05) is 22.0 Å². The van der Waals surface area contributed by atoms with Crippen LogP contribution in [0.3, 0.4) is 0 Å². The van der Waals surface area contributed by atoms with Gasteiger partial charge in [0.05, 0.1) is 10.6 Å². The molecule has 3 aromatic rings. The smallest absolute Gasteiger partial charge is 0.264 e. The number of rotatable bonds is 10. The van der Waals surface area contributed by atoms with E-state index in [1.54, 1.807) is 50.2 Å². The van der Waals surface area contributed by atoms with E-state index < -0.39 is 28.5 Å². The molecule has 1 atom stereocenters. The summed E-state index contributed by atoms with van der Waals surface area (Å²) in [5.74, 6) is -0.815. The fraction of sp³-hybridized carbons (Fsp3) is 0.259. The number of benzene rings is 3. The van der Waals surface area contributed by atoms with Crippen LogP contribution in [0.15, 0.2) is 86.6 Å². The lowest BCUT2D eigenvalue weighted by atomic mass is 10.1. The molecule has 37 heavy (non-hydrogen) atoms. The molecular formula is C27H29Br2N3O4S. The average Bonchev–Trinajstić information content (AvgIpc) is 2.87. The highest BCUT2D eigenvalue weighted by molar-refractivity contribution is 9.10. The summed E-state index contributed by atoms with van der Waals surface area (Å²) in [6.07, 6.45) is 0. The monoisotopic (exact) mass is 649 g/mol. The van der Waals surface area contributed by atoms with E-state index in [0.29, 0.717) is 12.2 Å². The number of amides is 2. The molecule has 2 amide bonds. The zero-order valence-corrected chi connectivity index (χ0v) is 24.8. The van der Waals surface area contributed by atoms with Gasteiger partial charge in [0.25, 0.3) is 10.0 Å². The van der Waals surface area contributed by atoms with Gasteiger partial charge in [0.15, 0.2) is 0 Å². The first-order chi connectivity index (χ1) is 17.5. The van der Waals surface area contributed by atoms with Crippen LogP contribution in [0, 0.1) is 6.92 Å². The minimum absolute atomic E-state index is 0.0741. The Bertz CT molecular complexity index is 1330. The van der Waals surface area contributed by atoms with Crippen molar-refractivity contribution in [2.24, 2.45) is 0 Å². The van der Waals surface area contributed by atoms with E-state index in [4.69, 9.17) is 0 Å². The molecule has 1 N–H and O–H groups in total. The van der Waals surface area contributed by atoms with Crippen molar-refractivity contribution in [3.8, 4) is 0 Å². The highest BCUT2D eigenvalue weighted by Crippen LogP contribution is 2.26. The van der Waals surface area contributed by atoms with E-state index >= 15 is 0 Å². The van der Waals surface area contributed by atoms with Crippen LogP contribution in [0.1, 0.15) is 25.0 Å². The highest BCUT2D eigenvalue weighted by Gasteiger charge is 2.32. The zero-order valence-electron chi connectivity index (χ0n) is 20.8. The molecule has 0 aliphatic rings. The number of anilines is 1. The summed E-state index contributed by atoms with van der Waals surface area (Å²) in [6, 6.07) is 19.8. The molecule has 10 heteroatoms. The van der Waals surface area contributed by atoms with Gasteiger partial charge in [-0.3, -0.25) is 13.9 Å². The van der Waals surface area contributed by atoms with E-state index in [-0.39, 0.29) is 17.3 Å². The third-order valence-corrected chi connectivity index (χ3v) is 8.63. The predicted octanol–water partition coefficient (Wildman–Crippen LogP) is 5.27. The van der Waals surface area contributed by atoms with Gasteiger partial charge in [0.2, 0.25) is 11.8 Å². The number of carbonyl (C=O) groups is 2.